The van der Waals surface area contributed by atoms with Crippen LogP contribution in [0.25, 0.3) is 17.1 Å². The second kappa shape index (κ2) is 9.16. The SMILES string of the molecule is Cc1oc(-c2ccccc2)nc1C(=O)NC1C[C@H](c2cccc(F)c2)N(c2ccc3ncc(C)n3n2)C1. The van der Waals surface area contributed by atoms with E-state index in [2.05, 4.69) is 20.2 Å². The molecule has 1 amide bonds. The second-order valence-electron chi connectivity index (χ2n) is 9.28. The third-order valence-electron chi connectivity index (χ3n) is 6.72. The third-order valence-corrected chi connectivity index (χ3v) is 6.72. The number of aryl methyl sites for hydroxylation is 2. The van der Waals surface area contributed by atoms with Crippen LogP contribution in [0.2, 0.25) is 0 Å². The quantitative estimate of drug-likeness (QED) is 0.373. The molecule has 1 N–H and O–H groups in total. The number of fused-ring (bicyclic) bond motifs is 1. The minimum absolute atomic E-state index is 0.173. The number of hydrogen-bond donors (Lipinski definition) is 1. The molecule has 2 atom stereocenters. The molecule has 4 heterocycles. The van der Waals surface area contributed by atoms with Crippen LogP contribution in [0.5, 0.6) is 0 Å². The number of anilines is 1. The Morgan fingerprint density at radius 1 is 1.08 bits per heavy atom. The smallest absolute Gasteiger partial charge is 0.273 e. The fraction of sp³-hybridized carbons (Fsp3) is 0.214. The molecule has 1 unspecified atom stereocenters. The number of carbonyl (C=O) groups excluding carboxylic acids is 1. The van der Waals surface area contributed by atoms with Crippen LogP contribution in [0.15, 0.2) is 77.3 Å². The Balaban J connectivity index is 1.29. The molecule has 186 valence electrons. The highest BCUT2D eigenvalue weighted by Crippen LogP contribution is 2.36. The van der Waals surface area contributed by atoms with E-state index in [4.69, 9.17) is 9.52 Å². The Bertz CT molecular complexity index is 1600. The number of nitrogens with one attached hydrogen (secondary N) is 1. The van der Waals surface area contributed by atoms with Gasteiger partial charge >= 0.3 is 0 Å². The number of imidazole rings is 1. The summed E-state index contributed by atoms with van der Waals surface area (Å²) >= 11 is 0. The van der Waals surface area contributed by atoms with E-state index in [-0.39, 0.29) is 29.5 Å². The number of halogens is 1. The van der Waals surface area contributed by atoms with Gasteiger partial charge in [-0.05, 0) is 62.2 Å². The van der Waals surface area contributed by atoms with Gasteiger partial charge < -0.3 is 14.6 Å². The van der Waals surface area contributed by atoms with Gasteiger partial charge in [0.25, 0.3) is 5.91 Å². The molecule has 37 heavy (non-hydrogen) atoms. The number of benzene rings is 2. The average molecular weight is 497 g/mol. The maximum absolute atomic E-state index is 14.2. The van der Waals surface area contributed by atoms with E-state index in [9.17, 15) is 9.18 Å². The number of rotatable bonds is 5. The molecule has 6 rings (SSSR count). The summed E-state index contributed by atoms with van der Waals surface area (Å²) in [5.41, 5.74) is 3.56. The lowest BCUT2D eigenvalue weighted by Crippen LogP contribution is -2.37. The fourth-order valence-corrected chi connectivity index (χ4v) is 4.92. The Hall–Kier alpha value is -4.53. The van der Waals surface area contributed by atoms with Gasteiger partial charge in [-0.1, -0.05) is 30.3 Å². The summed E-state index contributed by atoms with van der Waals surface area (Å²) in [4.78, 5) is 24.2. The van der Waals surface area contributed by atoms with Crippen LogP contribution in [-0.4, -0.2) is 38.1 Å². The van der Waals surface area contributed by atoms with Crippen LogP contribution < -0.4 is 10.2 Å². The molecule has 1 saturated heterocycles. The lowest BCUT2D eigenvalue weighted by atomic mass is 10.0. The Morgan fingerprint density at radius 3 is 2.73 bits per heavy atom. The van der Waals surface area contributed by atoms with Crippen LogP contribution in [0.1, 0.15) is 40.0 Å². The van der Waals surface area contributed by atoms with Crippen molar-refractivity contribution in [3.05, 3.63) is 101 Å². The van der Waals surface area contributed by atoms with Crippen LogP contribution in [0.3, 0.4) is 0 Å². The van der Waals surface area contributed by atoms with Crippen molar-refractivity contribution < 1.29 is 13.6 Å². The van der Waals surface area contributed by atoms with E-state index in [1.807, 2.05) is 55.5 Å². The molecular weight excluding hydrogens is 471 g/mol. The largest absolute Gasteiger partial charge is 0.441 e. The standard InChI is InChI=1S/C28H25FN6O2/c1-17-15-30-24-11-12-25(33-35(17)24)34-16-22(14-23(34)20-9-6-10-21(29)13-20)31-27(36)26-18(2)37-28(32-26)19-7-4-3-5-8-19/h3-13,15,22-23H,14,16H2,1-2H3,(H,31,36)/t22?,23-/m1/s1. The lowest BCUT2D eigenvalue weighted by molar-refractivity contribution is 0.0934. The zero-order chi connectivity index (χ0) is 25.5. The summed E-state index contributed by atoms with van der Waals surface area (Å²) in [5, 5.41) is 7.90. The van der Waals surface area contributed by atoms with Gasteiger partial charge in [0.05, 0.1) is 17.9 Å². The van der Waals surface area contributed by atoms with E-state index in [1.54, 1.807) is 23.7 Å². The monoisotopic (exact) mass is 496 g/mol. The number of carbonyl (C=O) groups is 1. The normalized spacial score (nSPS) is 17.4. The first kappa shape index (κ1) is 22.9. The molecule has 0 saturated carbocycles. The highest BCUT2D eigenvalue weighted by molar-refractivity contribution is 5.94. The number of oxazole rings is 1. The maximum atomic E-state index is 14.2. The molecular formula is C28H25FN6O2. The minimum atomic E-state index is -0.304. The fourth-order valence-electron chi connectivity index (χ4n) is 4.92. The van der Waals surface area contributed by atoms with Gasteiger partial charge in [-0.3, -0.25) is 4.79 Å². The molecule has 1 fully saturated rings. The topological polar surface area (TPSA) is 88.6 Å². The summed E-state index contributed by atoms with van der Waals surface area (Å²) in [6.07, 6.45) is 2.35. The van der Waals surface area contributed by atoms with Crippen LogP contribution in [-0.2, 0) is 0 Å². The van der Waals surface area contributed by atoms with Gasteiger partial charge in [-0.25, -0.2) is 18.9 Å². The summed E-state index contributed by atoms with van der Waals surface area (Å²) in [5.74, 6) is 0.980. The number of aromatic nitrogens is 4. The number of nitrogens with zero attached hydrogens (tertiary/aromatic N) is 5. The number of amides is 1. The van der Waals surface area contributed by atoms with E-state index >= 15 is 0 Å². The van der Waals surface area contributed by atoms with Gasteiger partial charge in [-0.2, -0.15) is 0 Å². The third kappa shape index (κ3) is 4.33. The first-order valence-corrected chi connectivity index (χ1v) is 12.1. The predicted molar refractivity (Wildman–Crippen MR) is 137 cm³/mol. The second-order valence-corrected chi connectivity index (χ2v) is 9.28. The molecule has 9 heteroatoms. The molecule has 3 aromatic heterocycles. The van der Waals surface area contributed by atoms with Crippen molar-refractivity contribution in [2.24, 2.45) is 0 Å². The summed E-state index contributed by atoms with van der Waals surface area (Å²) in [7, 11) is 0. The predicted octanol–water partition coefficient (Wildman–Crippen LogP) is 4.89. The van der Waals surface area contributed by atoms with E-state index in [0.717, 1.165) is 28.3 Å². The molecule has 8 nitrogen and oxygen atoms in total. The van der Waals surface area contributed by atoms with E-state index in [0.29, 0.717) is 24.6 Å². The van der Waals surface area contributed by atoms with Crippen molar-refractivity contribution in [2.75, 3.05) is 11.4 Å². The van der Waals surface area contributed by atoms with Crippen molar-refractivity contribution >= 4 is 17.4 Å². The minimum Gasteiger partial charge on any atom is -0.441 e. The first-order valence-electron chi connectivity index (χ1n) is 12.1. The Kier molecular flexibility index (Phi) is 5.67. The molecule has 0 radical (unpaired) electrons. The van der Waals surface area contributed by atoms with Crippen LogP contribution in [0, 0.1) is 19.7 Å². The molecule has 0 bridgehead atoms. The first-order chi connectivity index (χ1) is 18.0. The van der Waals surface area contributed by atoms with Crippen LogP contribution >= 0.6 is 0 Å². The van der Waals surface area contributed by atoms with Crippen molar-refractivity contribution in [3.8, 4) is 11.5 Å². The summed E-state index contributed by atoms with van der Waals surface area (Å²) in [6.45, 7) is 4.18. The molecule has 0 spiro atoms. The molecule has 1 aliphatic heterocycles. The molecule has 5 aromatic rings. The van der Waals surface area contributed by atoms with Gasteiger partial charge in [0.2, 0.25) is 5.89 Å². The highest BCUT2D eigenvalue weighted by Gasteiger charge is 2.36. The zero-order valence-corrected chi connectivity index (χ0v) is 20.4. The zero-order valence-electron chi connectivity index (χ0n) is 20.4. The highest BCUT2D eigenvalue weighted by atomic mass is 19.1. The lowest BCUT2D eigenvalue weighted by Gasteiger charge is -2.26. The van der Waals surface area contributed by atoms with Crippen molar-refractivity contribution in [1.29, 1.82) is 0 Å². The van der Waals surface area contributed by atoms with Gasteiger partial charge in [0.15, 0.2) is 11.3 Å². The molecule has 0 aliphatic carbocycles. The van der Waals surface area contributed by atoms with Gasteiger partial charge in [0, 0.05) is 18.2 Å². The maximum Gasteiger partial charge on any atom is 0.273 e. The average Bonchev–Trinajstić information content (AvgIpc) is 3.61. The van der Waals surface area contributed by atoms with Crippen LogP contribution in [0.4, 0.5) is 10.2 Å². The Morgan fingerprint density at radius 2 is 1.92 bits per heavy atom. The van der Waals surface area contributed by atoms with Crippen molar-refractivity contribution in [3.63, 3.8) is 0 Å². The Labute approximate surface area is 212 Å². The van der Waals surface area contributed by atoms with Crippen molar-refractivity contribution in [1.82, 2.24) is 24.9 Å². The summed E-state index contributed by atoms with van der Waals surface area (Å²) < 4.78 is 21.7. The van der Waals surface area contributed by atoms with Crippen molar-refractivity contribution in [2.45, 2.75) is 32.4 Å². The number of hydrogen-bond acceptors (Lipinski definition) is 6. The summed E-state index contributed by atoms with van der Waals surface area (Å²) in [6, 6.07) is 19.5. The van der Waals surface area contributed by atoms with Gasteiger partial charge in [0.1, 0.15) is 17.4 Å². The van der Waals surface area contributed by atoms with E-state index < -0.39 is 0 Å². The molecule has 1 aliphatic rings. The van der Waals surface area contributed by atoms with Gasteiger partial charge in [-0.15, -0.1) is 5.10 Å². The molecule has 2 aromatic carbocycles. The van der Waals surface area contributed by atoms with E-state index in [1.165, 1.54) is 12.1 Å².